The largest absolute Gasteiger partial charge is 0.370 e. The van der Waals surface area contributed by atoms with Crippen LogP contribution in [0.15, 0.2) is 18.5 Å². The monoisotopic (exact) mass is 259 g/mol. The first-order chi connectivity index (χ1) is 9.15. The summed E-state index contributed by atoms with van der Waals surface area (Å²) in [6.07, 6.45) is 3.78. The minimum Gasteiger partial charge on any atom is -0.370 e. The molecule has 2 aromatic heterocycles. The Morgan fingerprint density at radius 1 is 1.26 bits per heavy atom. The molecule has 0 amide bonds. The number of aryl methyl sites for hydroxylation is 1. The smallest absolute Gasteiger partial charge is 0.158 e. The van der Waals surface area contributed by atoms with Gasteiger partial charge in [0.25, 0.3) is 0 Å². The molecule has 0 radical (unpaired) electrons. The summed E-state index contributed by atoms with van der Waals surface area (Å²) in [5.41, 5.74) is 0.876. The Kier molecular flexibility index (Phi) is 4.14. The van der Waals surface area contributed by atoms with Crippen LogP contribution in [0.4, 0.5) is 5.82 Å². The highest BCUT2D eigenvalue weighted by Crippen LogP contribution is 2.21. The third kappa shape index (κ3) is 2.92. The van der Waals surface area contributed by atoms with E-state index in [0.717, 1.165) is 36.3 Å². The van der Waals surface area contributed by atoms with E-state index in [9.17, 15) is 0 Å². The quantitative estimate of drug-likeness (QED) is 0.897. The molecule has 2 aromatic rings. The second-order valence-corrected chi connectivity index (χ2v) is 4.72. The molecule has 0 fully saturated rings. The Labute approximate surface area is 114 Å². The van der Waals surface area contributed by atoms with Gasteiger partial charge in [0.05, 0.1) is 0 Å². The van der Waals surface area contributed by atoms with E-state index >= 15 is 0 Å². The molecule has 0 unspecified atom stereocenters. The van der Waals surface area contributed by atoms with E-state index in [1.807, 2.05) is 18.5 Å². The third-order valence-electron chi connectivity index (χ3n) is 2.90. The van der Waals surface area contributed by atoms with Crippen LogP contribution in [0.25, 0.3) is 11.5 Å². The van der Waals surface area contributed by atoms with E-state index in [1.165, 1.54) is 0 Å². The summed E-state index contributed by atoms with van der Waals surface area (Å²) in [5.74, 6) is 2.90. The van der Waals surface area contributed by atoms with Crippen LogP contribution < -0.4 is 5.32 Å². The van der Waals surface area contributed by atoms with Crippen molar-refractivity contribution in [3.8, 4) is 11.5 Å². The average Bonchev–Trinajstić information content (AvgIpc) is 2.87. The fourth-order valence-electron chi connectivity index (χ4n) is 1.91. The number of nitrogens with one attached hydrogen (secondary N) is 1. The Balaban J connectivity index is 2.49. The normalized spacial score (nSPS) is 11.0. The van der Waals surface area contributed by atoms with Crippen LogP contribution >= 0.6 is 0 Å². The van der Waals surface area contributed by atoms with Gasteiger partial charge in [0.1, 0.15) is 17.3 Å². The molecule has 0 aliphatic carbocycles. The zero-order chi connectivity index (χ0) is 13.8. The first-order valence-corrected chi connectivity index (χ1v) is 6.80. The molecule has 0 aromatic carbocycles. The van der Waals surface area contributed by atoms with Crippen LogP contribution in [0.3, 0.4) is 0 Å². The first kappa shape index (κ1) is 13.5. The predicted molar refractivity (Wildman–Crippen MR) is 77.2 cm³/mol. The van der Waals surface area contributed by atoms with Crippen molar-refractivity contribution in [1.29, 1.82) is 0 Å². The van der Waals surface area contributed by atoms with E-state index in [0.29, 0.717) is 5.92 Å². The molecular formula is C14H21N5. The van der Waals surface area contributed by atoms with Gasteiger partial charge in [0.15, 0.2) is 5.82 Å². The second-order valence-electron chi connectivity index (χ2n) is 4.72. The molecule has 0 saturated heterocycles. The van der Waals surface area contributed by atoms with Crippen molar-refractivity contribution in [2.45, 2.75) is 40.2 Å². The minimum atomic E-state index is 0.294. The Hall–Kier alpha value is -1.91. The lowest BCUT2D eigenvalue weighted by Gasteiger charge is -2.11. The van der Waals surface area contributed by atoms with E-state index in [1.54, 1.807) is 0 Å². The predicted octanol–water partition coefficient (Wildman–Crippen LogP) is 2.92. The summed E-state index contributed by atoms with van der Waals surface area (Å²) in [4.78, 5) is 13.6. The molecule has 1 N–H and O–H groups in total. The molecule has 0 aliphatic heterocycles. The molecular weight excluding hydrogens is 238 g/mol. The maximum atomic E-state index is 4.63. The summed E-state index contributed by atoms with van der Waals surface area (Å²) in [7, 11) is 0. The summed E-state index contributed by atoms with van der Waals surface area (Å²) in [5, 5.41) is 3.25. The number of anilines is 1. The highest BCUT2D eigenvalue weighted by Gasteiger charge is 2.12. The van der Waals surface area contributed by atoms with Crippen molar-refractivity contribution in [3.05, 3.63) is 24.3 Å². The molecule has 0 aliphatic rings. The topological polar surface area (TPSA) is 55.6 Å². The van der Waals surface area contributed by atoms with Crippen molar-refractivity contribution in [3.63, 3.8) is 0 Å². The van der Waals surface area contributed by atoms with E-state index in [4.69, 9.17) is 0 Å². The van der Waals surface area contributed by atoms with Crippen LogP contribution in [0, 0.1) is 0 Å². The van der Waals surface area contributed by atoms with Crippen LogP contribution in [-0.2, 0) is 6.54 Å². The summed E-state index contributed by atoms with van der Waals surface area (Å²) >= 11 is 0. The highest BCUT2D eigenvalue weighted by atomic mass is 15.1. The van der Waals surface area contributed by atoms with Gasteiger partial charge in [0.2, 0.25) is 0 Å². The molecule has 0 atom stereocenters. The lowest BCUT2D eigenvalue weighted by Crippen LogP contribution is -2.07. The van der Waals surface area contributed by atoms with Crippen molar-refractivity contribution in [2.75, 3.05) is 11.9 Å². The van der Waals surface area contributed by atoms with Gasteiger partial charge in [0, 0.05) is 37.5 Å². The molecule has 2 heterocycles. The lowest BCUT2D eigenvalue weighted by molar-refractivity contribution is 0.752. The molecule has 19 heavy (non-hydrogen) atoms. The van der Waals surface area contributed by atoms with Crippen molar-refractivity contribution in [1.82, 2.24) is 19.5 Å². The maximum absolute atomic E-state index is 4.63. The summed E-state index contributed by atoms with van der Waals surface area (Å²) < 4.78 is 2.09. The molecule has 5 nitrogen and oxygen atoms in total. The average molecular weight is 259 g/mol. The molecule has 0 bridgehead atoms. The SMILES string of the molecule is CCNc1cc(-c2nccn2CC)nc(C(C)C)n1. The van der Waals surface area contributed by atoms with Gasteiger partial charge in [-0.2, -0.15) is 0 Å². The van der Waals surface area contributed by atoms with Gasteiger partial charge >= 0.3 is 0 Å². The zero-order valence-corrected chi connectivity index (χ0v) is 12.0. The van der Waals surface area contributed by atoms with Crippen molar-refractivity contribution < 1.29 is 0 Å². The van der Waals surface area contributed by atoms with Gasteiger partial charge in [-0.3, -0.25) is 0 Å². The third-order valence-corrected chi connectivity index (χ3v) is 2.90. The minimum absolute atomic E-state index is 0.294. The Morgan fingerprint density at radius 3 is 2.68 bits per heavy atom. The number of hydrogen-bond donors (Lipinski definition) is 1. The van der Waals surface area contributed by atoms with Crippen LogP contribution in [0.1, 0.15) is 39.4 Å². The molecule has 102 valence electrons. The van der Waals surface area contributed by atoms with Crippen LogP contribution in [-0.4, -0.2) is 26.1 Å². The summed E-state index contributed by atoms with van der Waals surface area (Å²) in [6, 6.07) is 1.96. The lowest BCUT2D eigenvalue weighted by atomic mass is 10.2. The molecule has 0 saturated carbocycles. The molecule has 0 spiro atoms. The fourth-order valence-corrected chi connectivity index (χ4v) is 1.91. The van der Waals surface area contributed by atoms with Crippen molar-refractivity contribution >= 4 is 5.82 Å². The van der Waals surface area contributed by atoms with E-state index < -0.39 is 0 Å². The molecule has 2 rings (SSSR count). The Morgan fingerprint density at radius 2 is 2.05 bits per heavy atom. The number of rotatable bonds is 5. The van der Waals surface area contributed by atoms with Gasteiger partial charge in [-0.25, -0.2) is 15.0 Å². The Bertz CT molecular complexity index is 545. The van der Waals surface area contributed by atoms with Gasteiger partial charge in [-0.15, -0.1) is 0 Å². The molecule has 5 heteroatoms. The first-order valence-electron chi connectivity index (χ1n) is 6.80. The maximum Gasteiger partial charge on any atom is 0.158 e. The standard InChI is InChI=1S/C14H21N5/c1-5-15-12-9-11(17-13(18-12)10(3)4)14-16-7-8-19(14)6-2/h7-10H,5-6H2,1-4H3,(H,15,17,18). The van der Waals surface area contributed by atoms with Crippen LogP contribution in [0.5, 0.6) is 0 Å². The summed E-state index contributed by atoms with van der Waals surface area (Å²) in [6.45, 7) is 10.1. The number of nitrogens with zero attached hydrogens (tertiary/aromatic N) is 4. The van der Waals surface area contributed by atoms with Gasteiger partial charge in [-0.05, 0) is 13.8 Å². The number of hydrogen-bond acceptors (Lipinski definition) is 4. The second kappa shape index (κ2) is 5.82. The van der Waals surface area contributed by atoms with E-state index in [2.05, 4.69) is 52.5 Å². The number of aromatic nitrogens is 4. The van der Waals surface area contributed by atoms with Crippen molar-refractivity contribution in [2.24, 2.45) is 0 Å². The number of imidazole rings is 1. The van der Waals surface area contributed by atoms with E-state index in [-0.39, 0.29) is 0 Å². The van der Waals surface area contributed by atoms with Gasteiger partial charge in [-0.1, -0.05) is 13.8 Å². The van der Waals surface area contributed by atoms with Gasteiger partial charge < -0.3 is 9.88 Å². The highest BCUT2D eigenvalue weighted by molar-refractivity contribution is 5.56. The fraction of sp³-hybridized carbons (Fsp3) is 0.500. The zero-order valence-electron chi connectivity index (χ0n) is 12.0. The van der Waals surface area contributed by atoms with Crippen LogP contribution in [0.2, 0.25) is 0 Å².